The standard InChI is InChI=1S/C13H25NO2/c1-5-7-12(13(15)16-6-2)14(4)10(3)11-8-9-11/h10-12H,5-9H2,1-4H3. The smallest absolute Gasteiger partial charge is 0.323 e. The third-order valence-corrected chi connectivity index (χ3v) is 3.56. The van der Waals surface area contributed by atoms with E-state index in [1.807, 2.05) is 6.92 Å². The lowest BCUT2D eigenvalue weighted by molar-refractivity contribution is -0.150. The molecule has 94 valence electrons. The molecule has 1 aliphatic carbocycles. The molecule has 0 saturated heterocycles. The minimum atomic E-state index is -0.0562. The van der Waals surface area contributed by atoms with Gasteiger partial charge >= 0.3 is 5.97 Å². The lowest BCUT2D eigenvalue weighted by atomic mass is 10.1. The molecule has 1 rings (SSSR count). The van der Waals surface area contributed by atoms with Crippen LogP contribution in [0.15, 0.2) is 0 Å². The minimum absolute atomic E-state index is 0.0550. The van der Waals surface area contributed by atoms with Crippen molar-refractivity contribution in [2.45, 2.75) is 58.5 Å². The second-order valence-electron chi connectivity index (χ2n) is 4.80. The molecule has 1 fully saturated rings. The van der Waals surface area contributed by atoms with Gasteiger partial charge < -0.3 is 4.74 Å². The summed E-state index contributed by atoms with van der Waals surface area (Å²) < 4.78 is 5.15. The van der Waals surface area contributed by atoms with Crippen LogP contribution in [0.2, 0.25) is 0 Å². The van der Waals surface area contributed by atoms with E-state index in [9.17, 15) is 4.79 Å². The molecule has 0 aromatic carbocycles. The largest absolute Gasteiger partial charge is 0.465 e. The molecule has 0 spiro atoms. The summed E-state index contributed by atoms with van der Waals surface area (Å²) >= 11 is 0. The molecule has 0 N–H and O–H groups in total. The Morgan fingerprint density at radius 2 is 2.06 bits per heavy atom. The fraction of sp³-hybridized carbons (Fsp3) is 0.923. The molecule has 0 amide bonds. The zero-order valence-electron chi connectivity index (χ0n) is 11.0. The summed E-state index contributed by atoms with van der Waals surface area (Å²) in [6, 6.07) is 0.446. The summed E-state index contributed by atoms with van der Waals surface area (Å²) in [5.41, 5.74) is 0. The quantitative estimate of drug-likeness (QED) is 0.626. The van der Waals surface area contributed by atoms with E-state index in [4.69, 9.17) is 4.74 Å². The summed E-state index contributed by atoms with van der Waals surface area (Å²) in [5, 5.41) is 0. The highest BCUT2D eigenvalue weighted by Crippen LogP contribution is 2.35. The van der Waals surface area contributed by atoms with Crippen LogP contribution in [0.4, 0.5) is 0 Å². The molecule has 1 aliphatic rings. The second-order valence-corrected chi connectivity index (χ2v) is 4.80. The van der Waals surface area contributed by atoms with Crippen LogP contribution < -0.4 is 0 Å². The Labute approximate surface area is 99.1 Å². The first-order valence-corrected chi connectivity index (χ1v) is 6.50. The number of ether oxygens (including phenoxy) is 1. The van der Waals surface area contributed by atoms with Gasteiger partial charge in [0.25, 0.3) is 0 Å². The van der Waals surface area contributed by atoms with Crippen LogP contribution in [0.5, 0.6) is 0 Å². The van der Waals surface area contributed by atoms with Crippen molar-refractivity contribution in [2.75, 3.05) is 13.7 Å². The third kappa shape index (κ3) is 3.48. The molecule has 0 aliphatic heterocycles. The van der Waals surface area contributed by atoms with E-state index in [1.54, 1.807) is 0 Å². The van der Waals surface area contributed by atoms with Crippen molar-refractivity contribution in [3.05, 3.63) is 0 Å². The zero-order valence-corrected chi connectivity index (χ0v) is 11.0. The van der Waals surface area contributed by atoms with Gasteiger partial charge in [-0.2, -0.15) is 0 Å². The molecular formula is C13H25NO2. The van der Waals surface area contributed by atoms with Crippen molar-refractivity contribution in [1.82, 2.24) is 4.90 Å². The predicted octanol–water partition coefficient (Wildman–Crippen LogP) is 2.45. The van der Waals surface area contributed by atoms with Gasteiger partial charge in [0, 0.05) is 6.04 Å². The van der Waals surface area contributed by atoms with Gasteiger partial charge in [-0.05, 0) is 46.1 Å². The Hall–Kier alpha value is -0.570. The van der Waals surface area contributed by atoms with Crippen molar-refractivity contribution in [3.63, 3.8) is 0 Å². The predicted molar refractivity (Wildman–Crippen MR) is 65.3 cm³/mol. The monoisotopic (exact) mass is 227 g/mol. The van der Waals surface area contributed by atoms with Gasteiger partial charge in [-0.3, -0.25) is 9.69 Å². The molecule has 2 atom stereocenters. The van der Waals surface area contributed by atoms with Crippen LogP contribution in [0.1, 0.15) is 46.5 Å². The first kappa shape index (κ1) is 13.5. The molecule has 16 heavy (non-hydrogen) atoms. The zero-order chi connectivity index (χ0) is 12.1. The molecule has 0 heterocycles. The van der Waals surface area contributed by atoms with Crippen LogP contribution >= 0.6 is 0 Å². The highest BCUT2D eigenvalue weighted by molar-refractivity contribution is 5.75. The van der Waals surface area contributed by atoms with E-state index >= 15 is 0 Å². The van der Waals surface area contributed by atoms with Crippen molar-refractivity contribution >= 4 is 5.97 Å². The first-order valence-electron chi connectivity index (χ1n) is 6.50. The summed E-state index contributed by atoms with van der Waals surface area (Å²) in [7, 11) is 2.06. The van der Waals surface area contributed by atoms with Gasteiger partial charge in [0.1, 0.15) is 6.04 Å². The van der Waals surface area contributed by atoms with Gasteiger partial charge in [-0.25, -0.2) is 0 Å². The number of likely N-dealkylation sites (N-methyl/N-ethyl adjacent to an activating group) is 1. The van der Waals surface area contributed by atoms with Crippen molar-refractivity contribution in [2.24, 2.45) is 5.92 Å². The van der Waals surface area contributed by atoms with Crippen LogP contribution in [-0.2, 0) is 9.53 Å². The van der Waals surface area contributed by atoms with Gasteiger partial charge in [-0.15, -0.1) is 0 Å². The van der Waals surface area contributed by atoms with E-state index in [1.165, 1.54) is 12.8 Å². The van der Waals surface area contributed by atoms with E-state index in [0.717, 1.165) is 18.8 Å². The van der Waals surface area contributed by atoms with Crippen LogP contribution in [0.3, 0.4) is 0 Å². The first-order chi connectivity index (χ1) is 7.61. The molecule has 0 aromatic heterocycles. The Morgan fingerprint density at radius 1 is 1.44 bits per heavy atom. The normalized spacial score (nSPS) is 19.6. The van der Waals surface area contributed by atoms with Crippen molar-refractivity contribution < 1.29 is 9.53 Å². The molecule has 3 nitrogen and oxygen atoms in total. The van der Waals surface area contributed by atoms with Crippen molar-refractivity contribution in [3.8, 4) is 0 Å². The number of esters is 1. The van der Waals surface area contributed by atoms with E-state index in [-0.39, 0.29) is 12.0 Å². The average molecular weight is 227 g/mol. The van der Waals surface area contributed by atoms with E-state index < -0.39 is 0 Å². The fourth-order valence-electron chi connectivity index (χ4n) is 2.19. The third-order valence-electron chi connectivity index (χ3n) is 3.56. The second kappa shape index (κ2) is 6.24. The van der Waals surface area contributed by atoms with E-state index in [0.29, 0.717) is 12.6 Å². The summed E-state index contributed by atoms with van der Waals surface area (Å²) in [6.45, 7) is 6.68. The Bertz CT molecular complexity index is 226. The van der Waals surface area contributed by atoms with Crippen LogP contribution in [0, 0.1) is 5.92 Å². The molecule has 1 saturated carbocycles. The fourth-order valence-corrected chi connectivity index (χ4v) is 2.19. The highest BCUT2D eigenvalue weighted by atomic mass is 16.5. The molecule has 0 bridgehead atoms. The summed E-state index contributed by atoms with van der Waals surface area (Å²) in [4.78, 5) is 14.1. The lowest BCUT2D eigenvalue weighted by Crippen LogP contribution is -2.45. The lowest BCUT2D eigenvalue weighted by Gasteiger charge is -2.31. The molecule has 2 unspecified atom stereocenters. The SMILES string of the molecule is CCCC(C(=O)OCC)N(C)C(C)C1CC1. The van der Waals surface area contributed by atoms with Gasteiger partial charge in [0.05, 0.1) is 6.61 Å². The van der Waals surface area contributed by atoms with Gasteiger partial charge in [0.15, 0.2) is 0 Å². The number of hydrogen-bond donors (Lipinski definition) is 0. The number of nitrogens with zero attached hydrogens (tertiary/aromatic N) is 1. The van der Waals surface area contributed by atoms with Crippen LogP contribution in [0.25, 0.3) is 0 Å². The maximum absolute atomic E-state index is 11.9. The Balaban J connectivity index is 2.55. The minimum Gasteiger partial charge on any atom is -0.465 e. The summed E-state index contributed by atoms with van der Waals surface area (Å²) in [5.74, 6) is 0.734. The number of carbonyl (C=O) groups excluding carboxylic acids is 1. The Morgan fingerprint density at radius 3 is 2.50 bits per heavy atom. The number of rotatable bonds is 7. The number of hydrogen-bond acceptors (Lipinski definition) is 3. The molecule has 0 aromatic rings. The van der Waals surface area contributed by atoms with Gasteiger partial charge in [0.2, 0.25) is 0 Å². The summed E-state index contributed by atoms with van der Waals surface area (Å²) in [6.07, 6.45) is 4.54. The molecule has 0 radical (unpaired) electrons. The van der Waals surface area contributed by atoms with Crippen LogP contribution in [-0.4, -0.2) is 36.6 Å². The van der Waals surface area contributed by atoms with E-state index in [2.05, 4.69) is 25.8 Å². The maximum atomic E-state index is 11.9. The number of carbonyl (C=O) groups is 1. The molecule has 3 heteroatoms. The average Bonchev–Trinajstić information content (AvgIpc) is 3.08. The van der Waals surface area contributed by atoms with Crippen molar-refractivity contribution in [1.29, 1.82) is 0 Å². The molecular weight excluding hydrogens is 202 g/mol. The van der Waals surface area contributed by atoms with Gasteiger partial charge in [-0.1, -0.05) is 13.3 Å². The maximum Gasteiger partial charge on any atom is 0.323 e. The highest BCUT2D eigenvalue weighted by Gasteiger charge is 2.35. The topological polar surface area (TPSA) is 29.5 Å². The Kier molecular flexibility index (Phi) is 5.26.